The van der Waals surface area contributed by atoms with Gasteiger partial charge in [0.15, 0.2) is 5.65 Å². The number of rotatable bonds is 2. The second kappa shape index (κ2) is 5.03. The van der Waals surface area contributed by atoms with Crippen LogP contribution in [0.15, 0.2) is 30.6 Å². The van der Waals surface area contributed by atoms with Crippen molar-refractivity contribution < 1.29 is 4.39 Å². The zero-order valence-electron chi connectivity index (χ0n) is 12.5. The molecule has 0 radical (unpaired) electrons. The summed E-state index contributed by atoms with van der Waals surface area (Å²) < 4.78 is 15.4. The zero-order chi connectivity index (χ0) is 16.1. The molecule has 0 aliphatic rings. The maximum atomic E-state index is 13.5. The van der Waals surface area contributed by atoms with Crippen LogP contribution in [0.2, 0.25) is 5.02 Å². The van der Waals surface area contributed by atoms with Crippen molar-refractivity contribution in [3.8, 4) is 5.69 Å². The zero-order valence-corrected chi connectivity index (χ0v) is 13.3. The lowest BCUT2D eigenvalue weighted by molar-refractivity contribution is 0.623. The molecule has 0 saturated carbocycles. The van der Waals surface area contributed by atoms with Gasteiger partial charge in [0.2, 0.25) is 0 Å². The van der Waals surface area contributed by atoms with E-state index in [-0.39, 0.29) is 5.92 Å². The molecule has 3 aromatic heterocycles. The lowest BCUT2D eigenvalue weighted by Gasteiger charge is -2.11. The summed E-state index contributed by atoms with van der Waals surface area (Å²) >= 11 is 6.34. The van der Waals surface area contributed by atoms with Gasteiger partial charge in [-0.1, -0.05) is 25.4 Å². The molecule has 3 heterocycles. The average molecular weight is 330 g/mol. The standard InChI is InChI=1S/C16H13ClFN5/c1-8(2)15-21-13-4-10(18)7-19-16(13)23(15)11-3-9-6-20-22-14(9)12(17)5-11/h3-8H,1-2H3,(H,20,22). The van der Waals surface area contributed by atoms with Crippen LogP contribution in [0.25, 0.3) is 27.8 Å². The predicted molar refractivity (Wildman–Crippen MR) is 87.6 cm³/mol. The van der Waals surface area contributed by atoms with Gasteiger partial charge in [-0.25, -0.2) is 14.4 Å². The van der Waals surface area contributed by atoms with Gasteiger partial charge in [-0.15, -0.1) is 0 Å². The lowest BCUT2D eigenvalue weighted by Crippen LogP contribution is -2.04. The number of benzene rings is 1. The minimum Gasteiger partial charge on any atom is -0.280 e. The van der Waals surface area contributed by atoms with Crippen molar-refractivity contribution in [1.82, 2.24) is 24.7 Å². The van der Waals surface area contributed by atoms with Crippen LogP contribution in [-0.2, 0) is 0 Å². The minimum absolute atomic E-state index is 0.145. The highest BCUT2D eigenvalue weighted by atomic mass is 35.5. The minimum atomic E-state index is -0.402. The molecule has 0 unspecified atom stereocenters. The molecule has 7 heteroatoms. The highest BCUT2D eigenvalue weighted by molar-refractivity contribution is 6.35. The van der Waals surface area contributed by atoms with E-state index in [1.54, 1.807) is 6.20 Å². The van der Waals surface area contributed by atoms with Gasteiger partial charge < -0.3 is 0 Å². The number of hydrogen-bond donors (Lipinski definition) is 1. The van der Waals surface area contributed by atoms with E-state index in [9.17, 15) is 4.39 Å². The number of imidazole rings is 1. The highest BCUT2D eigenvalue weighted by Crippen LogP contribution is 2.30. The van der Waals surface area contributed by atoms with Crippen molar-refractivity contribution in [1.29, 1.82) is 0 Å². The summed E-state index contributed by atoms with van der Waals surface area (Å²) in [7, 11) is 0. The third-order valence-corrected chi connectivity index (χ3v) is 4.05. The SMILES string of the molecule is CC(C)c1nc2cc(F)cnc2n1-c1cc(Cl)c2[nH]ncc2c1. The molecule has 5 nitrogen and oxygen atoms in total. The molecule has 0 aliphatic carbocycles. The smallest absolute Gasteiger partial charge is 0.164 e. The van der Waals surface area contributed by atoms with Crippen molar-refractivity contribution in [3.05, 3.63) is 47.3 Å². The fraction of sp³-hybridized carbons (Fsp3) is 0.188. The van der Waals surface area contributed by atoms with Crippen molar-refractivity contribution >= 4 is 33.7 Å². The second-order valence-electron chi connectivity index (χ2n) is 5.72. The fourth-order valence-electron chi connectivity index (χ4n) is 2.73. The van der Waals surface area contributed by atoms with Gasteiger partial charge in [0, 0.05) is 17.4 Å². The Morgan fingerprint density at radius 2 is 2.04 bits per heavy atom. The molecule has 0 bridgehead atoms. The van der Waals surface area contributed by atoms with Gasteiger partial charge in [-0.3, -0.25) is 9.67 Å². The molecule has 0 fully saturated rings. The van der Waals surface area contributed by atoms with Crippen molar-refractivity contribution in [2.24, 2.45) is 0 Å². The second-order valence-corrected chi connectivity index (χ2v) is 6.13. The molecule has 0 spiro atoms. The Bertz CT molecular complexity index is 1030. The number of hydrogen-bond acceptors (Lipinski definition) is 3. The molecular formula is C16H13ClFN5. The van der Waals surface area contributed by atoms with Gasteiger partial charge in [0.25, 0.3) is 0 Å². The predicted octanol–water partition coefficient (Wildman–Crippen LogP) is 4.21. The van der Waals surface area contributed by atoms with Crippen molar-refractivity contribution in [2.75, 3.05) is 0 Å². The number of halogens is 2. The first-order valence-corrected chi connectivity index (χ1v) is 7.59. The Balaban J connectivity index is 2.07. The Labute approximate surface area is 136 Å². The lowest BCUT2D eigenvalue weighted by atomic mass is 10.2. The first kappa shape index (κ1) is 14.1. The average Bonchev–Trinajstić information content (AvgIpc) is 3.10. The Hall–Kier alpha value is -2.47. The fourth-order valence-corrected chi connectivity index (χ4v) is 2.99. The van der Waals surface area contributed by atoms with Gasteiger partial charge in [-0.05, 0) is 12.1 Å². The molecule has 23 heavy (non-hydrogen) atoms. The number of nitrogens with one attached hydrogen (secondary N) is 1. The van der Waals surface area contributed by atoms with Crippen LogP contribution in [-0.4, -0.2) is 24.7 Å². The Morgan fingerprint density at radius 3 is 2.83 bits per heavy atom. The molecule has 1 aromatic carbocycles. The van der Waals surface area contributed by atoms with Gasteiger partial charge in [0.1, 0.15) is 17.2 Å². The number of nitrogens with zero attached hydrogens (tertiary/aromatic N) is 4. The first-order valence-electron chi connectivity index (χ1n) is 7.21. The number of pyridine rings is 1. The molecule has 1 N–H and O–H groups in total. The van der Waals surface area contributed by atoms with Gasteiger partial charge in [0.05, 0.1) is 28.6 Å². The summed E-state index contributed by atoms with van der Waals surface area (Å²) in [5, 5.41) is 8.34. The van der Waals surface area contributed by atoms with E-state index in [4.69, 9.17) is 11.6 Å². The van der Waals surface area contributed by atoms with E-state index < -0.39 is 5.82 Å². The van der Waals surface area contributed by atoms with E-state index in [0.29, 0.717) is 16.2 Å². The molecular weight excluding hydrogens is 317 g/mol. The van der Waals surface area contributed by atoms with E-state index in [2.05, 4.69) is 20.2 Å². The number of fused-ring (bicyclic) bond motifs is 2. The van der Waals surface area contributed by atoms with Crippen molar-refractivity contribution in [2.45, 2.75) is 19.8 Å². The van der Waals surface area contributed by atoms with E-state index >= 15 is 0 Å². The van der Waals surface area contributed by atoms with Crippen LogP contribution >= 0.6 is 11.6 Å². The summed E-state index contributed by atoms with van der Waals surface area (Å²) in [6.07, 6.45) is 2.91. The highest BCUT2D eigenvalue weighted by Gasteiger charge is 2.18. The summed E-state index contributed by atoms with van der Waals surface area (Å²) in [5.41, 5.74) is 2.74. The van der Waals surface area contributed by atoms with Crippen LogP contribution in [0.4, 0.5) is 4.39 Å². The monoisotopic (exact) mass is 329 g/mol. The van der Waals surface area contributed by atoms with E-state index in [0.717, 1.165) is 22.4 Å². The maximum Gasteiger partial charge on any atom is 0.164 e. The van der Waals surface area contributed by atoms with Crippen LogP contribution in [0.1, 0.15) is 25.6 Å². The molecule has 4 aromatic rings. The Morgan fingerprint density at radius 1 is 1.22 bits per heavy atom. The van der Waals surface area contributed by atoms with Crippen molar-refractivity contribution in [3.63, 3.8) is 0 Å². The van der Waals surface area contributed by atoms with Crippen LogP contribution in [0.3, 0.4) is 0 Å². The topological polar surface area (TPSA) is 59.4 Å². The third-order valence-electron chi connectivity index (χ3n) is 3.75. The quantitative estimate of drug-likeness (QED) is 0.599. The van der Waals surface area contributed by atoms with E-state index in [1.165, 1.54) is 12.3 Å². The Kier molecular flexibility index (Phi) is 3.09. The van der Waals surface area contributed by atoms with E-state index in [1.807, 2.05) is 30.5 Å². The molecule has 0 saturated heterocycles. The number of aromatic amines is 1. The number of H-pyrrole nitrogens is 1. The maximum absolute atomic E-state index is 13.5. The third kappa shape index (κ3) is 2.17. The van der Waals surface area contributed by atoms with Gasteiger partial charge >= 0.3 is 0 Å². The summed E-state index contributed by atoms with van der Waals surface area (Å²) in [4.78, 5) is 8.76. The summed E-state index contributed by atoms with van der Waals surface area (Å²) in [6, 6.07) is 5.19. The van der Waals surface area contributed by atoms with Gasteiger partial charge in [-0.2, -0.15) is 5.10 Å². The summed E-state index contributed by atoms with van der Waals surface area (Å²) in [6.45, 7) is 4.07. The number of aromatic nitrogens is 5. The normalized spacial score (nSPS) is 11.9. The largest absolute Gasteiger partial charge is 0.280 e. The molecule has 0 amide bonds. The molecule has 0 aliphatic heterocycles. The first-order chi connectivity index (χ1) is 11.0. The van der Waals surface area contributed by atoms with Crippen LogP contribution < -0.4 is 0 Å². The molecule has 0 atom stereocenters. The summed E-state index contributed by atoms with van der Waals surface area (Å²) in [5.74, 6) is 0.545. The van der Waals surface area contributed by atoms with Crippen LogP contribution in [0.5, 0.6) is 0 Å². The van der Waals surface area contributed by atoms with Crippen LogP contribution in [0, 0.1) is 5.82 Å². The molecule has 116 valence electrons. The molecule has 4 rings (SSSR count).